The van der Waals surface area contributed by atoms with Crippen LogP contribution in [0.1, 0.15) is 24.8 Å². The van der Waals surface area contributed by atoms with E-state index in [4.69, 9.17) is 4.74 Å². The highest BCUT2D eigenvalue weighted by molar-refractivity contribution is 5.83. The highest BCUT2D eigenvalue weighted by Crippen LogP contribution is 2.19. The lowest BCUT2D eigenvalue weighted by atomic mass is 10.1. The summed E-state index contributed by atoms with van der Waals surface area (Å²) in [6.45, 7) is 0.785. The minimum atomic E-state index is -0.517. The van der Waals surface area contributed by atoms with Crippen molar-refractivity contribution in [1.82, 2.24) is 10.3 Å². The molecule has 1 aromatic carbocycles. The topological polar surface area (TPSA) is 74.3 Å². The van der Waals surface area contributed by atoms with E-state index in [1.54, 1.807) is 7.11 Å². The van der Waals surface area contributed by atoms with E-state index < -0.39 is 6.10 Å². The lowest BCUT2D eigenvalue weighted by Crippen LogP contribution is -2.28. The summed E-state index contributed by atoms with van der Waals surface area (Å²) in [4.78, 5) is 15.0. The number of benzene rings is 1. The molecule has 0 saturated carbocycles. The number of rotatable bonds is 9. The largest absolute Gasteiger partial charge is 0.391 e. The number of aryl methyl sites for hydroxylation is 1. The Morgan fingerprint density at radius 2 is 2.23 bits per heavy atom. The summed E-state index contributed by atoms with van der Waals surface area (Å²) in [5, 5.41) is 13.5. The molecule has 1 aromatic heterocycles. The van der Waals surface area contributed by atoms with Crippen LogP contribution in [0.2, 0.25) is 0 Å². The Balaban J connectivity index is 1.67. The molecule has 1 heterocycles. The molecule has 1 atom stereocenters. The molecule has 0 radical (unpaired) electrons. The van der Waals surface area contributed by atoms with Crippen molar-refractivity contribution in [2.75, 3.05) is 20.3 Å². The molecule has 1 amide bonds. The Kier molecular flexibility index (Phi) is 6.43. The first-order valence-corrected chi connectivity index (χ1v) is 7.69. The smallest absolute Gasteiger partial charge is 0.220 e. The molecule has 5 heteroatoms. The van der Waals surface area contributed by atoms with Crippen LogP contribution in [-0.4, -0.2) is 42.4 Å². The summed E-state index contributed by atoms with van der Waals surface area (Å²) in [6.07, 6.45) is 4.21. The van der Waals surface area contributed by atoms with Crippen LogP contribution in [0.3, 0.4) is 0 Å². The molecule has 0 aliphatic heterocycles. The van der Waals surface area contributed by atoms with Gasteiger partial charge in [0.15, 0.2) is 0 Å². The average molecular weight is 304 g/mol. The van der Waals surface area contributed by atoms with E-state index >= 15 is 0 Å². The molecule has 0 bridgehead atoms. The summed E-state index contributed by atoms with van der Waals surface area (Å²) in [5.41, 5.74) is 2.38. The number of hydrogen-bond acceptors (Lipinski definition) is 3. The first-order chi connectivity index (χ1) is 10.7. The van der Waals surface area contributed by atoms with Crippen LogP contribution in [0, 0.1) is 0 Å². The van der Waals surface area contributed by atoms with E-state index in [0.29, 0.717) is 26.0 Å². The van der Waals surface area contributed by atoms with E-state index in [1.807, 2.05) is 18.3 Å². The monoisotopic (exact) mass is 304 g/mol. The quantitative estimate of drug-likeness (QED) is 0.663. The van der Waals surface area contributed by atoms with Gasteiger partial charge < -0.3 is 20.1 Å². The normalized spacial score (nSPS) is 12.5. The molecule has 0 fully saturated rings. The molecule has 22 heavy (non-hydrogen) atoms. The standard InChI is InChI=1S/C17H24N2O3/c1-22-12-14(20)9-10-18-17(21)8-4-5-13-11-19-16-7-3-2-6-15(13)16/h2-3,6-7,11,14,19-20H,4-5,8-10,12H2,1H3,(H,18,21). The summed E-state index contributed by atoms with van der Waals surface area (Å²) >= 11 is 0. The summed E-state index contributed by atoms with van der Waals surface area (Å²) < 4.78 is 4.84. The van der Waals surface area contributed by atoms with Crippen LogP contribution in [0.15, 0.2) is 30.5 Å². The zero-order valence-corrected chi connectivity index (χ0v) is 13.0. The second-order valence-corrected chi connectivity index (χ2v) is 5.46. The molecule has 0 saturated heterocycles. The number of hydrogen-bond donors (Lipinski definition) is 3. The van der Waals surface area contributed by atoms with Crippen molar-refractivity contribution in [2.45, 2.75) is 31.8 Å². The van der Waals surface area contributed by atoms with Gasteiger partial charge in [0, 0.05) is 37.2 Å². The van der Waals surface area contributed by atoms with Crippen LogP contribution in [0.5, 0.6) is 0 Å². The zero-order chi connectivity index (χ0) is 15.8. The number of carbonyl (C=O) groups is 1. The molecule has 0 aliphatic rings. The molecule has 5 nitrogen and oxygen atoms in total. The second kappa shape index (κ2) is 8.56. The van der Waals surface area contributed by atoms with Crippen LogP contribution >= 0.6 is 0 Å². The number of ether oxygens (including phenoxy) is 1. The van der Waals surface area contributed by atoms with E-state index in [-0.39, 0.29) is 5.91 Å². The fourth-order valence-corrected chi connectivity index (χ4v) is 2.52. The van der Waals surface area contributed by atoms with Gasteiger partial charge in [0.05, 0.1) is 12.7 Å². The molecule has 2 aromatic rings. The number of nitrogens with one attached hydrogen (secondary N) is 2. The molecular formula is C17H24N2O3. The van der Waals surface area contributed by atoms with Gasteiger partial charge in [-0.3, -0.25) is 4.79 Å². The fraction of sp³-hybridized carbons (Fsp3) is 0.471. The van der Waals surface area contributed by atoms with Gasteiger partial charge in [-0.15, -0.1) is 0 Å². The number of aromatic amines is 1. The predicted octanol–water partition coefficient (Wildman–Crippen LogP) is 2.00. The van der Waals surface area contributed by atoms with Crippen LogP contribution < -0.4 is 5.32 Å². The number of fused-ring (bicyclic) bond motifs is 1. The Morgan fingerprint density at radius 3 is 3.05 bits per heavy atom. The third-order valence-corrected chi connectivity index (χ3v) is 3.68. The molecule has 0 spiro atoms. The molecule has 1 unspecified atom stereocenters. The minimum absolute atomic E-state index is 0.0319. The lowest BCUT2D eigenvalue weighted by molar-refractivity contribution is -0.121. The van der Waals surface area contributed by atoms with Crippen LogP contribution in [-0.2, 0) is 16.0 Å². The number of aliphatic hydroxyl groups is 1. The van der Waals surface area contributed by atoms with Gasteiger partial charge in [-0.25, -0.2) is 0 Å². The van der Waals surface area contributed by atoms with E-state index in [1.165, 1.54) is 10.9 Å². The highest BCUT2D eigenvalue weighted by Gasteiger charge is 2.07. The predicted molar refractivity (Wildman–Crippen MR) is 86.7 cm³/mol. The van der Waals surface area contributed by atoms with Gasteiger partial charge in [-0.05, 0) is 30.9 Å². The summed E-state index contributed by atoms with van der Waals surface area (Å²) in [5.74, 6) is 0.0319. The van der Waals surface area contributed by atoms with Gasteiger partial charge in [0.2, 0.25) is 5.91 Å². The fourth-order valence-electron chi connectivity index (χ4n) is 2.52. The first-order valence-electron chi connectivity index (χ1n) is 7.69. The highest BCUT2D eigenvalue weighted by atomic mass is 16.5. The summed E-state index contributed by atoms with van der Waals surface area (Å²) in [7, 11) is 1.55. The summed E-state index contributed by atoms with van der Waals surface area (Å²) in [6, 6.07) is 8.18. The van der Waals surface area contributed by atoms with Crippen molar-refractivity contribution >= 4 is 16.8 Å². The Bertz CT molecular complexity index is 594. The number of para-hydroxylation sites is 1. The van der Waals surface area contributed by atoms with Gasteiger partial charge in [0.1, 0.15) is 0 Å². The van der Waals surface area contributed by atoms with E-state index in [2.05, 4.69) is 22.4 Å². The number of aliphatic hydroxyl groups excluding tert-OH is 1. The van der Waals surface area contributed by atoms with Gasteiger partial charge in [-0.1, -0.05) is 18.2 Å². The van der Waals surface area contributed by atoms with Crippen molar-refractivity contribution in [2.24, 2.45) is 0 Å². The maximum absolute atomic E-state index is 11.7. The second-order valence-electron chi connectivity index (χ2n) is 5.46. The van der Waals surface area contributed by atoms with E-state index in [9.17, 15) is 9.90 Å². The first kappa shape index (κ1) is 16.5. The molecule has 120 valence electrons. The molecule has 0 aliphatic carbocycles. The van der Waals surface area contributed by atoms with Gasteiger partial charge >= 0.3 is 0 Å². The maximum atomic E-state index is 11.7. The number of carbonyl (C=O) groups excluding carboxylic acids is 1. The third kappa shape index (κ3) is 4.86. The van der Waals surface area contributed by atoms with Crippen LogP contribution in [0.25, 0.3) is 10.9 Å². The Morgan fingerprint density at radius 1 is 1.41 bits per heavy atom. The number of aromatic nitrogens is 1. The van der Waals surface area contributed by atoms with Crippen molar-refractivity contribution < 1.29 is 14.6 Å². The van der Waals surface area contributed by atoms with Crippen LogP contribution in [0.4, 0.5) is 0 Å². The molecule has 3 N–H and O–H groups in total. The van der Waals surface area contributed by atoms with Crippen molar-refractivity contribution in [1.29, 1.82) is 0 Å². The van der Waals surface area contributed by atoms with E-state index in [0.717, 1.165) is 18.4 Å². The zero-order valence-electron chi connectivity index (χ0n) is 13.0. The number of H-pyrrole nitrogens is 1. The number of methoxy groups -OCH3 is 1. The molecular weight excluding hydrogens is 280 g/mol. The van der Waals surface area contributed by atoms with Crippen molar-refractivity contribution in [3.05, 3.63) is 36.0 Å². The van der Waals surface area contributed by atoms with Gasteiger partial charge in [0.25, 0.3) is 0 Å². The maximum Gasteiger partial charge on any atom is 0.220 e. The lowest BCUT2D eigenvalue weighted by Gasteiger charge is -2.10. The Hall–Kier alpha value is -1.85. The van der Waals surface area contributed by atoms with Crippen molar-refractivity contribution in [3.63, 3.8) is 0 Å². The van der Waals surface area contributed by atoms with Gasteiger partial charge in [-0.2, -0.15) is 0 Å². The van der Waals surface area contributed by atoms with Crippen molar-refractivity contribution in [3.8, 4) is 0 Å². The SMILES string of the molecule is COCC(O)CCNC(=O)CCCc1c[nH]c2ccccc12. The minimum Gasteiger partial charge on any atom is -0.391 e. The number of amides is 1. The average Bonchev–Trinajstić information content (AvgIpc) is 2.91. The third-order valence-electron chi connectivity index (χ3n) is 3.68. The Labute approximate surface area is 130 Å². The molecule has 2 rings (SSSR count).